The highest BCUT2D eigenvalue weighted by molar-refractivity contribution is 7.08. The summed E-state index contributed by atoms with van der Waals surface area (Å²) >= 11 is 1.64. The highest BCUT2D eigenvalue weighted by Gasteiger charge is 2.38. The normalized spacial score (nSPS) is 22.3. The van der Waals surface area contributed by atoms with Crippen molar-refractivity contribution in [1.29, 1.82) is 0 Å². The summed E-state index contributed by atoms with van der Waals surface area (Å²) in [6.45, 7) is 4.64. The van der Waals surface area contributed by atoms with Crippen LogP contribution in [0.5, 0.6) is 0 Å². The Kier molecular flexibility index (Phi) is 5.86. The van der Waals surface area contributed by atoms with Gasteiger partial charge >= 0.3 is 0 Å². The van der Waals surface area contributed by atoms with Crippen molar-refractivity contribution in [1.82, 2.24) is 10.2 Å². The lowest BCUT2D eigenvalue weighted by Gasteiger charge is -2.48. The van der Waals surface area contributed by atoms with E-state index in [0.717, 1.165) is 51.3 Å². The first kappa shape index (κ1) is 16.7. The number of thiophene rings is 1. The summed E-state index contributed by atoms with van der Waals surface area (Å²) in [4.78, 5) is 14.8. The van der Waals surface area contributed by atoms with Crippen LogP contribution in [0.25, 0.3) is 6.08 Å². The van der Waals surface area contributed by atoms with Crippen molar-refractivity contribution in [2.75, 3.05) is 32.8 Å². The number of hydrogen-bond acceptors (Lipinski definition) is 4. The standard InChI is InChI=1S/C18H26N2O2S/c21-17(5-4-16-6-13-23-14-16)19-15-18(7-11-22-12-8-18)20-9-2-1-3-10-20/h4-6,13-14H,1-3,7-12,15H2,(H,19,21). The molecular weight excluding hydrogens is 308 g/mol. The van der Waals surface area contributed by atoms with Crippen LogP contribution < -0.4 is 5.32 Å². The van der Waals surface area contributed by atoms with E-state index in [1.54, 1.807) is 17.4 Å². The summed E-state index contributed by atoms with van der Waals surface area (Å²) in [6, 6.07) is 2.02. The first-order chi connectivity index (χ1) is 11.3. The predicted molar refractivity (Wildman–Crippen MR) is 94.6 cm³/mol. The third-order valence-electron chi connectivity index (χ3n) is 5.01. The Morgan fingerprint density at radius 1 is 1.30 bits per heavy atom. The number of nitrogens with zero attached hydrogens (tertiary/aromatic N) is 1. The van der Waals surface area contributed by atoms with Crippen LogP contribution in [0.4, 0.5) is 0 Å². The van der Waals surface area contributed by atoms with Crippen LogP contribution in [0, 0.1) is 0 Å². The highest BCUT2D eigenvalue weighted by atomic mass is 32.1. The summed E-state index contributed by atoms with van der Waals surface area (Å²) in [5.41, 5.74) is 1.17. The Morgan fingerprint density at radius 3 is 2.78 bits per heavy atom. The van der Waals surface area contributed by atoms with Crippen LogP contribution in [0.2, 0.25) is 0 Å². The molecule has 3 rings (SSSR count). The molecule has 0 radical (unpaired) electrons. The highest BCUT2D eigenvalue weighted by Crippen LogP contribution is 2.30. The first-order valence-electron chi connectivity index (χ1n) is 8.59. The van der Waals surface area contributed by atoms with Crippen molar-refractivity contribution < 1.29 is 9.53 Å². The second-order valence-corrected chi connectivity index (χ2v) is 7.27. The van der Waals surface area contributed by atoms with Crippen molar-refractivity contribution in [3.8, 4) is 0 Å². The van der Waals surface area contributed by atoms with Gasteiger partial charge in [0.2, 0.25) is 5.91 Å². The zero-order chi connectivity index (χ0) is 16.0. The van der Waals surface area contributed by atoms with Crippen molar-refractivity contribution in [2.24, 2.45) is 0 Å². The predicted octanol–water partition coefficient (Wildman–Crippen LogP) is 2.91. The molecular formula is C18H26N2O2S. The minimum Gasteiger partial charge on any atom is -0.381 e. The molecule has 0 aliphatic carbocycles. The van der Waals surface area contributed by atoms with Gasteiger partial charge in [0.05, 0.1) is 0 Å². The molecule has 2 fully saturated rings. The molecule has 0 aromatic carbocycles. The summed E-state index contributed by atoms with van der Waals surface area (Å²) < 4.78 is 5.57. The Morgan fingerprint density at radius 2 is 2.09 bits per heavy atom. The van der Waals surface area contributed by atoms with Gasteiger partial charge in [0.1, 0.15) is 0 Å². The van der Waals surface area contributed by atoms with E-state index in [2.05, 4.69) is 10.2 Å². The van der Waals surface area contributed by atoms with Crippen LogP contribution in [-0.2, 0) is 9.53 Å². The van der Waals surface area contributed by atoms with E-state index in [1.165, 1.54) is 19.3 Å². The number of nitrogens with one attached hydrogen (secondary N) is 1. The monoisotopic (exact) mass is 334 g/mol. The topological polar surface area (TPSA) is 41.6 Å². The lowest BCUT2D eigenvalue weighted by atomic mass is 9.86. The SMILES string of the molecule is O=C(C=Cc1ccsc1)NCC1(N2CCCCC2)CCOCC1. The van der Waals surface area contributed by atoms with Gasteiger partial charge in [0.15, 0.2) is 0 Å². The number of piperidine rings is 1. The molecule has 2 aliphatic rings. The molecule has 4 nitrogen and oxygen atoms in total. The zero-order valence-electron chi connectivity index (χ0n) is 13.6. The van der Waals surface area contributed by atoms with Crippen LogP contribution in [0.3, 0.4) is 0 Å². The lowest BCUT2D eigenvalue weighted by Crippen LogP contribution is -2.59. The summed E-state index contributed by atoms with van der Waals surface area (Å²) in [5.74, 6) is -0.000855. The molecule has 0 unspecified atom stereocenters. The number of carbonyl (C=O) groups excluding carboxylic acids is 1. The minimum atomic E-state index is -0.000855. The van der Waals surface area contributed by atoms with Crippen molar-refractivity contribution in [3.05, 3.63) is 28.5 Å². The molecule has 1 amide bonds. The minimum absolute atomic E-state index is 0.000855. The van der Waals surface area contributed by atoms with Gasteiger partial charge in [0, 0.05) is 31.4 Å². The fourth-order valence-corrected chi connectivity index (χ4v) is 4.21. The second kappa shape index (κ2) is 8.08. The fourth-order valence-electron chi connectivity index (χ4n) is 3.58. The third kappa shape index (κ3) is 4.43. The van der Waals surface area contributed by atoms with Crippen molar-refractivity contribution in [3.63, 3.8) is 0 Å². The Hall–Kier alpha value is -1.17. The average molecular weight is 334 g/mol. The Bertz CT molecular complexity index is 515. The van der Waals surface area contributed by atoms with Gasteiger partial charge in [-0.3, -0.25) is 9.69 Å². The third-order valence-corrected chi connectivity index (χ3v) is 5.71. The van der Waals surface area contributed by atoms with E-state index in [1.807, 2.05) is 22.9 Å². The second-order valence-electron chi connectivity index (χ2n) is 6.49. The zero-order valence-corrected chi connectivity index (χ0v) is 14.4. The maximum atomic E-state index is 12.2. The molecule has 0 atom stereocenters. The Labute approximate surface area is 142 Å². The van der Waals surface area contributed by atoms with Gasteiger partial charge in [-0.05, 0) is 67.2 Å². The van der Waals surface area contributed by atoms with E-state index in [9.17, 15) is 4.79 Å². The largest absolute Gasteiger partial charge is 0.381 e. The molecule has 3 heterocycles. The average Bonchev–Trinajstić information content (AvgIpc) is 3.13. The van der Waals surface area contributed by atoms with Crippen LogP contribution in [0.1, 0.15) is 37.7 Å². The van der Waals surface area contributed by atoms with Gasteiger partial charge in [-0.15, -0.1) is 0 Å². The van der Waals surface area contributed by atoms with Gasteiger partial charge < -0.3 is 10.1 Å². The Balaban J connectivity index is 1.58. The van der Waals surface area contributed by atoms with Crippen LogP contribution >= 0.6 is 11.3 Å². The van der Waals surface area contributed by atoms with Crippen molar-refractivity contribution >= 4 is 23.3 Å². The van der Waals surface area contributed by atoms with E-state index in [0.29, 0.717) is 0 Å². The van der Waals surface area contributed by atoms with Gasteiger partial charge in [0.25, 0.3) is 0 Å². The first-order valence-corrected chi connectivity index (χ1v) is 9.54. The summed E-state index contributed by atoms with van der Waals surface area (Å²) in [5, 5.41) is 7.19. The van der Waals surface area contributed by atoms with E-state index < -0.39 is 0 Å². The summed E-state index contributed by atoms with van der Waals surface area (Å²) in [6.07, 6.45) is 9.43. The van der Waals surface area contributed by atoms with Crippen molar-refractivity contribution in [2.45, 2.75) is 37.6 Å². The molecule has 126 valence electrons. The maximum Gasteiger partial charge on any atom is 0.244 e. The molecule has 23 heavy (non-hydrogen) atoms. The maximum absolute atomic E-state index is 12.2. The molecule has 2 saturated heterocycles. The molecule has 0 bridgehead atoms. The number of ether oxygens (including phenoxy) is 1. The lowest BCUT2D eigenvalue weighted by molar-refractivity contribution is -0.118. The summed E-state index contributed by atoms with van der Waals surface area (Å²) in [7, 11) is 0. The smallest absolute Gasteiger partial charge is 0.244 e. The fraction of sp³-hybridized carbons (Fsp3) is 0.611. The molecule has 0 spiro atoms. The van der Waals surface area contributed by atoms with Gasteiger partial charge in [-0.2, -0.15) is 11.3 Å². The van der Waals surface area contributed by atoms with Crippen LogP contribution in [-0.4, -0.2) is 49.2 Å². The number of amides is 1. The molecule has 2 aliphatic heterocycles. The number of likely N-dealkylation sites (tertiary alicyclic amines) is 1. The molecule has 5 heteroatoms. The van der Waals surface area contributed by atoms with E-state index in [4.69, 9.17) is 4.74 Å². The quantitative estimate of drug-likeness (QED) is 0.842. The van der Waals surface area contributed by atoms with Gasteiger partial charge in [-0.25, -0.2) is 0 Å². The molecule has 1 N–H and O–H groups in total. The molecule has 1 aromatic heterocycles. The number of hydrogen-bond donors (Lipinski definition) is 1. The molecule has 1 aromatic rings. The number of carbonyl (C=O) groups is 1. The molecule has 0 saturated carbocycles. The van der Waals surface area contributed by atoms with E-state index in [-0.39, 0.29) is 11.4 Å². The van der Waals surface area contributed by atoms with Gasteiger partial charge in [-0.1, -0.05) is 6.42 Å². The number of rotatable bonds is 5. The van der Waals surface area contributed by atoms with E-state index >= 15 is 0 Å². The van der Waals surface area contributed by atoms with Crippen LogP contribution in [0.15, 0.2) is 22.9 Å².